The van der Waals surface area contributed by atoms with E-state index in [1.807, 2.05) is 0 Å². The highest BCUT2D eigenvalue weighted by atomic mass is 16.6. The molecule has 2 aliphatic rings. The van der Waals surface area contributed by atoms with Crippen molar-refractivity contribution in [3.63, 3.8) is 0 Å². The van der Waals surface area contributed by atoms with Crippen LogP contribution in [0.15, 0.2) is 12.7 Å². The monoisotopic (exact) mass is 378 g/mol. The Hall–Kier alpha value is -1.32. The second-order valence-electron chi connectivity index (χ2n) is 8.32. The quantitative estimate of drug-likeness (QED) is 0.210. The van der Waals surface area contributed by atoms with Crippen LogP contribution in [-0.4, -0.2) is 24.6 Å². The molecule has 0 spiro atoms. The molecule has 2 fully saturated rings. The summed E-state index contributed by atoms with van der Waals surface area (Å²) >= 11 is 0. The Morgan fingerprint density at radius 3 is 2.19 bits per heavy atom. The molecule has 0 radical (unpaired) electrons. The second kappa shape index (κ2) is 11.5. The molecule has 154 valence electrons. The number of unbranched alkanes of at least 4 members (excludes halogenated alkanes) is 2. The van der Waals surface area contributed by atoms with Crippen molar-refractivity contribution in [1.82, 2.24) is 0 Å². The summed E-state index contributed by atoms with van der Waals surface area (Å²) in [6.45, 7) is 5.94. The maximum atomic E-state index is 13.5. The molecule has 0 aliphatic heterocycles. The molecule has 4 nitrogen and oxygen atoms in total. The van der Waals surface area contributed by atoms with Gasteiger partial charge in [-0.05, 0) is 50.9 Å². The molecule has 0 bridgehead atoms. The number of carbonyl (C=O) groups excluding carboxylic acids is 2. The predicted molar refractivity (Wildman–Crippen MR) is 107 cm³/mol. The minimum atomic E-state index is -1.13. The van der Waals surface area contributed by atoms with E-state index in [4.69, 9.17) is 9.47 Å². The molecule has 0 heterocycles. The molecule has 0 aromatic rings. The zero-order valence-corrected chi connectivity index (χ0v) is 17.2. The largest absolute Gasteiger partial charge is 0.462 e. The highest BCUT2D eigenvalue weighted by Gasteiger charge is 2.54. The van der Waals surface area contributed by atoms with Gasteiger partial charge in [0.05, 0.1) is 0 Å². The lowest BCUT2D eigenvalue weighted by Crippen LogP contribution is -2.49. The SMILES string of the molecule is C=CCOC(=O)C(CCCCC)(C(=O)OC1CCCCC1)C1CCCCC1. The van der Waals surface area contributed by atoms with E-state index in [0.717, 1.165) is 70.6 Å². The normalized spacial score (nSPS) is 21.2. The molecule has 2 saturated carbocycles. The van der Waals surface area contributed by atoms with Crippen LogP contribution < -0.4 is 0 Å². The van der Waals surface area contributed by atoms with Crippen LogP contribution in [-0.2, 0) is 19.1 Å². The Morgan fingerprint density at radius 1 is 0.963 bits per heavy atom. The first kappa shape index (κ1) is 22.0. The average Bonchev–Trinajstić information content (AvgIpc) is 2.71. The lowest BCUT2D eigenvalue weighted by Gasteiger charge is -2.39. The number of esters is 2. The van der Waals surface area contributed by atoms with Gasteiger partial charge in [0.15, 0.2) is 5.41 Å². The maximum Gasteiger partial charge on any atom is 0.324 e. The number of ether oxygens (including phenoxy) is 2. The van der Waals surface area contributed by atoms with Crippen molar-refractivity contribution in [2.24, 2.45) is 11.3 Å². The van der Waals surface area contributed by atoms with Gasteiger partial charge < -0.3 is 9.47 Å². The van der Waals surface area contributed by atoms with E-state index in [1.54, 1.807) is 6.08 Å². The maximum absolute atomic E-state index is 13.5. The van der Waals surface area contributed by atoms with Crippen molar-refractivity contribution in [3.8, 4) is 0 Å². The topological polar surface area (TPSA) is 52.6 Å². The van der Waals surface area contributed by atoms with Gasteiger partial charge in [-0.15, -0.1) is 0 Å². The first-order valence-corrected chi connectivity index (χ1v) is 11.1. The van der Waals surface area contributed by atoms with Gasteiger partial charge in [0.2, 0.25) is 0 Å². The Bertz CT molecular complexity index is 475. The fourth-order valence-corrected chi connectivity index (χ4v) is 4.78. The van der Waals surface area contributed by atoms with Crippen molar-refractivity contribution in [2.75, 3.05) is 6.61 Å². The van der Waals surface area contributed by atoms with Gasteiger partial charge in [-0.1, -0.05) is 64.5 Å². The molecule has 0 amide bonds. The van der Waals surface area contributed by atoms with Gasteiger partial charge in [-0.3, -0.25) is 9.59 Å². The van der Waals surface area contributed by atoms with Gasteiger partial charge in [-0.2, -0.15) is 0 Å². The van der Waals surface area contributed by atoms with Crippen molar-refractivity contribution in [1.29, 1.82) is 0 Å². The van der Waals surface area contributed by atoms with Gasteiger partial charge in [-0.25, -0.2) is 0 Å². The van der Waals surface area contributed by atoms with E-state index in [1.165, 1.54) is 12.8 Å². The molecule has 0 saturated heterocycles. The van der Waals surface area contributed by atoms with E-state index < -0.39 is 5.41 Å². The molecular weight excluding hydrogens is 340 g/mol. The lowest BCUT2D eigenvalue weighted by molar-refractivity contribution is -0.183. The lowest BCUT2D eigenvalue weighted by atomic mass is 9.66. The van der Waals surface area contributed by atoms with Crippen LogP contribution in [0.1, 0.15) is 96.8 Å². The Kier molecular flexibility index (Phi) is 9.36. The van der Waals surface area contributed by atoms with E-state index in [-0.39, 0.29) is 30.6 Å². The first-order chi connectivity index (χ1) is 13.1. The van der Waals surface area contributed by atoms with Crippen LogP contribution in [0.4, 0.5) is 0 Å². The van der Waals surface area contributed by atoms with Crippen LogP contribution in [0.25, 0.3) is 0 Å². The number of hydrogen-bond donors (Lipinski definition) is 0. The molecular formula is C23H38O4. The smallest absolute Gasteiger partial charge is 0.324 e. The highest BCUT2D eigenvalue weighted by Crippen LogP contribution is 2.45. The van der Waals surface area contributed by atoms with Crippen LogP contribution in [0, 0.1) is 11.3 Å². The zero-order valence-electron chi connectivity index (χ0n) is 17.2. The molecule has 2 rings (SSSR count). The minimum absolute atomic E-state index is 0.0346. The third kappa shape index (κ3) is 5.83. The Balaban J connectivity index is 2.26. The van der Waals surface area contributed by atoms with Crippen LogP contribution in [0.3, 0.4) is 0 Å². The van der Waals surface area contributed by atoms with E-state index in [2.05, 4.69) is 13.5 Å². The van der Waals surface area contributed by atoms with Gasteiger partial charge >= 0.3 is 11.9 Å². The van der Waals surface area contributed by atoms with Gasteiger partial charge in [0, 0.05) is 0 Å². The molecule has 0 aromatic carbocycles. The van der Waals surface area contributed by atoms with Crippen molar-refractivity contribution in [2.45, 2.75) is 103 Å². The summed E-state index contributed by atoms with van der Waals surface area (Å²) in [6, 6.07) is 0. The van der Waals surface area contributed by atoms with Crippen molar-refractivity contribution in [3.05, 3.63) is 12.7 Å². The van der Waals surface area contributed by atoms with Crippen molar-refractivity contribution < 1.29 is 19.1 Å². The first-order valence-electron chi connectivity index (χ1n) is 11.1. The molecule has 4 heteroatoms. The van der Waals surface area contributed by atoms with E-state index >= 15 is 0 Å². The van der Waals surface area contributed by atoms with Gasteiger partial charge in [0.25, 0.3) is 0 Å². The average molecular weight is 379 g/mol. The molecule has 1 atom stereocenters. The summed E-state index contributed by atoms with van der Waals surface area (Å²) < 4.78 is 11.5. The Labute approximate surface area is 165 Å². The standard InChI is InChI=1S/C23H38O4/c1-3-5-12-17-23(21(24)26-18-4-2,19-13-8-6-9-14-19)22(25)27-20-15-10-7-11-16-20/h4,19-20H,2-3,5-18H2,1H3. The van der Waals surface area contributed by atoms with Crippen LogP contribution in [0.2, 0.25) is 0 Å². The van der Waals surface area contributed by atoms with Crippen molar-refractivity contribution >= 4 is 11.9 Å². The molecule has 0 N–H and O–H groups in total. The summed E-state index contributed by atoms with van der Waals surface area (Å²) in [7, 11) is 0. The highest BCUT2D eigenvalue weighted by molar-refractivity contribution is 6.00. The Morgan fingerprint density at radius 2 is 1.59 bits per heavy atom. The summed E-state index contributed by atoms with van der Waals surface area (Å²) in [4.78, 5) is 26.7. The third-order valence-electron chi connectivity index (χ3n) is 6.36. The number of hydrogen-bond acceptors (Lipinski definition) is 4. The number of carbonyl (C=O) groups is 2. The summed E-state index contributed by atoms with van der Waals surface area (Å²) in [5, 5.41) is 0. The second-order valence-corrected chi connectivity index (χ2v) is 8.32. The molecule has 0 aromatic heterocycles. The molecule has 1 unspecified atom stereocenters. The summed E-state index contributed by atoms with van der Waals surface area (Å²) in [6.07, 6.45) is 15.4. The summed E-state index contributed by atoms with van der Waals surface area (Å²) in [5.74, 6) is -0.658. The molecule has 2 aliphatic carbocycles. The molecule has 27 heavy (non-hydrogen) atoms. The number of rotatable bonds is 10. The predicted octanol–water partition coefficient (Wildman–Crippen LogP) is 5.74. The van der Waals surface area contributed by atoms with Gasteiger partial charge in [0.1, 0.15) is 12.7 Å². The summed E-state index contributed by atoms with van der Waals surface area (Å²) in [5.41, 5.74) is -1.13. The fourth-order valence-electron chi connectivity index (χ4n) is 4.78. The minimum Gasteiger partial charge on any atom is -0.462 e. The third-order valence-corrected chi connectivity index (χ3v) is 6.36. The van der Waals surface area contributed by atoms with E-state index in [9.17, 15) is 9.59 Å². The zero-order chi connectivity index (χ0) is 19.5. The van der Waals surface area contributed by atoms with Crippen LogP contribution >= 0.6 is 0 Å². The van der Waals surface area contributed by atoms with E-state index in [0.29, 0.717) is 6.42 Å². The van der Waals surface area contributed by atoms with Crippen LogP contribution in [0.5, 0.6) is 0 Å². The fraction of sp³-hybridized carbons (Fsp3) is 0.826.